The Kier molecular flexibility index (Phi) is 5.82. The van der Waals surface area contributed by atoms with E-state index in [1.807, 2.05) is 0 Å². The lowest BCUT2D eigenvalue weighted by Gasteiger charge is -2.30. The van der Waals surface area contributed by atoms with Gasteiger partial charge in [-0.15, -0.1) is 0 Å². The molecule has 176 valence electrons. The molecule has 0 radical (unpaired) electrons. The van der Waals surface area contributed by atoms with Gasteiger partial charge in [-0.3, -0.25) is 9.59 Å². The molecule has 1 fully saturated rings. The molecule has 2 aliphatic rings. The van der Waals surface area contributed by atoms with Gasteiger partial charge < -0.3 is 15.0 Å². The van der Waals surface area contributed by atoms with E-state index in [-0.39, 0.29) is 17.5 Å². The highest BCUT2D eigenvalue weighted by atomic mass is 35.5. The third-order valence-electron chi connectivity index (χ3n) is 7.09. The summed E-state index contributed by atoms with van der Waals surface area (Å²) in [5.41, 5.74) is 3.69. The van der Waals surface area contributed by atoms with Crippen LogP contribution in [-0.4, -0.2) is 32.4 Å². The van der Waals surface area contributed by atoms with Gasteiger partial charge in [0.1, 0.15) is 5.82 Å². The molecular formula is C27H28ClN3O3. The zero-order valence-electron chi connectivity index (χ0n) is 19.3. The summed E-state index contributed by atoms with van der Waals surface area (Å²) in [5, 5.41) is 11.0. The molecule has 0 saturated heterocycles. The third-order valence-corrected chi connectivity index (χ3v) is 7.32. The van der Waals surface area contributed by atoms with Crippen molar-refractivity contribution < 1.29 is 9.90 Å². The molecule has 2 N–H and O–H groups in total. The second-order valence-electron chi connectivity index (χ2n) is 9.67. The number of nitrogens with zero attached hydrogens (tertiary/aromatic N) is 2. The van der Waals surface area contributed by atoms with Crippen LogP contribution in [0.4, 0.5) is 0 Å². The number of amides is 1. The summed E-state index contributed by atoms with van der Waals surface area (Å²) >= 11 is 6.00. The second kappa shape index (κ2) is 8.67. The minimum Gasteiger partial charge on any atom is -0.378 e. The van der Waals surface area contributed by atoms with Gasteiger partial charge in [0.25, 0.3) is 11.5 Å². The molecule has 1 saturated carbocycles. The summed E-state index contributed by atoms with van der Waals surface area (Å²) in [6, 6.07) is 15.2. The fourth-order valence-electron chi connectivity index (χ4n) is 4.81. The molecule has 0 unspecified atom stereocenters. The molecule has 0 spiro atoms. The molecular weight excluding hydrogens is 450 g/mol. The lowest BCUT2D eigenvalue weighted by molar-refractivity contribution is -0.141. The van der Waals surface area contributed by atoms with Gasteiger partial charge in [-0.25, -0.2) is 4.98 Å². The fraction of sp³-hybridized carbons (Fsp3) is 0.370. The minimum absolute atomic E-state index is 0.129. The zero-order valence-corrected chi connectivity index (χ0v) is 20.1. The predicted molar refractivity (Wildman–Crippen MR) is 131 cm³/mol. The van der Waals surface area contributed by atoms with Crippen LogP contribution in [0.3, 0.4) is 0 Å². The number of carbonyl (C=O) groups excluding carboxylic acids is 1. The summed E-state index contributed by atoms with van der Waals surface area (Å²) in [5.74, 6) is 0.702. The van der Waals surface area contributed by atoms with Crippen molar-refractivity contribution in [3.8, 4) is 0 Å². The summed E-state index contributed by atoms with van der Waals surface area (Å²) in [4.78, 5) is 35.5. The summed E-state index contributed by atoms with van der Waals surface area (Å²) < 4.78 is 0. The first-order valence-corrected chi connectivity index (χ1v) is 12.1. The molecule has 2 heterocycles. The van der Waals surface area contributed by atoms with E-state index in [9.17, 15) is 14.7 Å². The van der Waals surface area contributed by atoms with Crippen molar-refractivity contribution in [1.82, 2.24) is 14.9 Å². The van der Waals surface area contributed by atoms with Crippen LogP contribution in [0.15, 0.2) is 53.3 Å². The van der Waals surface area contributed by atoms with Crippen molar-refractivity contribution in [2.75, 3.05) is 6.54 Å². The van der Waals surface area contributed by atoms with E-state index in [0.717, 1.165) is 24.4 Å². The van der Waals surface area contributed by atoms with Crippen LogP contribution in [0.5, 0.6) is 0 Å². The zero-order chi connectivity index (χ0) is 24.0. The number of carbonyl (C=O) groups is 1. The first-order chi connectivity index (χ1) is 16.3. The van der Waals surface area contributed by atoms with Gasteiger partial charge in [0, 0.05) is 18.0 Å². The first-order valence-electron chi connectivity index (χ1n) is 11.7. The van der Waals surface area contributed by atoms with E-state index in [1.165, 1.54) is 16.0 Å². The van der Waals surface area contributed by atoms with Crippen LogP contribution in [0, 0.1) is 0 Å². The Bertz CT molecular complexity index is 1310. The van der Waals surface area contributed by atoms with Crippen molar-refractivity contribution >= 4 is 17.5 Å². The molecule has 34 heavy (non-hydrogen) atoms. The highest BCUT2D eigenvalue weighted by molar-refractivity contribution is 6.30. The third kappa shape index (κ3) is 4.05. The number of aliphatic hydroxyl groups excluding tert-OH is 1. The Labute approximate surface area is 203 Å². The monoisotopic (exact) mass is 477 g/mol. The van der Waals surface area contributed by atoms with Gasteiger partial charge in [0.15, 0.2) is 6.10 Å². The summed E-state index contributed by atoms with van der Waals surface area (Å²) in [6.45, 7) is 4.88. The fourth-order valence-corrected chi connectivity index (χ4v) is 5.01. The average molecular weight is 478 g/mol. The van der Waals surface area contributed by atoms with Crippen molar-refractivity contribution in [2.45, 2.75) is 57.1 Å². The minimum atomic E-state index is -1.32. The number of halogens is 1. The van der Waals surface area contributed by atoms with Crippen LogP contribution in [0.25, 0.3) is 0 Å². The van der Waals surface area contributed by atoms with E-state index in [2.05, 4.69) is 43.1 Å². The first kappa shape index (κ1) is 22.8. The normalized spacial score (nSPS) is 17.4. The van der Waals surface area contributed by atoms with Crippen LogP contribution in [0.1, 0.15) is 72.5 Å². The van der Waals surface area contributed by atoms with Crippen LogP contribution in [0.2, 0.25) is 5.02 Å². The highest BCUT2D eigenvalue weighted by Gasteiger charge is 2.49. The summed E-state index contributed by atoms with van der Waals surface area (Å²) in [7, 11) is 0. The molecule has 1 amide bonds. The molecule has 7 heteroatoms. The van der Waals surface area contributed by atoms with Crippen molar-refractivity contribution in [3.05, 3.63) is 97.7 Å². The van der Waals surface area contributed by atoms with Gasteiger partial charge in [-0.2, -0.15) is 0 Å². The molecule has 5 rings (SSSR count). The van der Waals surface area contributed by atoms with Gasteiger partial charge >= 0.3 is 0 Å². The maximum absolute atomic E-state index is 13.1. The number of H-pyrrole nitrogens is 1. The highest BCUT2D eigenvalue weighted by Crippen LogP contribution is 2.52. The number of aromatic nitrogens is 2. The number of aliphatic hydroxyl groups is 1. The van der Waals surface area contributed by atoms with Crippen LogP contribution < -0.4 is 5.56 Å². The number of rotatable bonds is 5. The Morgan fingerprint density at radius 2 is 1.88 bits per heavy atom. The molecule has 1 aliphatic heterocycles. The smallest absolute Gasteiger partial charge is 0.256 e. The molecule has 1 aliphatic carbocycles. The second-order valence-corrected chi connectivity index (χ2v) is 10.1. The maximum Gasteiger partial charge on any atom is 0.256 e. The van der Waals surface area contributed by atoms with Gasteiger partial charge in [-0.05, 0) is 47.6 Å². The lowest BCUT2D eigenvalue weighted by atomic mass is 9.90. The van der Waals surface area contributed by atoms with E-state index < -0.39 is 12.0 Å². The number of aromatic amines is 1. The van der Waals surface area contributed by atoms with Gasteiger partial charge in [-0.1, -0.05) is 61.8 Å². The number of fused-ring (bicyclic) bond motifs is 1. The van der Waals surface area contributed by atoms with Gasteiger partial charge in [0.05, 0.1) is 23.2 Å². The number of nitrogens with one attached hydrogen (secondary N) is 1. The molecule has 2 aromatic carbocycles. The van der Waals surface area contributed by atoms with E-state index in [1.54, 1.807) is 24.3 Å². The summed E-state index contributed by atoms with van der Waals surface area (Å²) in [6.07, 6.45) is 1.05. The number of benzene rings is 2. The van der Waals surface area contributed by atoms with Gasteiger partial charge in [0.2, 0.25) is 0 Å². The Morgan fingerprint density at radius 1 is 1.15 bits per heavy atom. The molecule has 3 aromatic rings. The molecule has 6 nitrogen and oxygen atoms in total. The van der Waals surface area contributed by atoms with Crippen LogP contribution >= 0.6 is 11.6 Å². The topological polar surface area (TPSA) is 86.3 Å². The van der Waals surface area contributed by atoms with Crippen LogP contribution in [-0.2, 0) is 23.2 Å². The molecule has 0 bridgehead atoms. The standard InChI is InChI=1S/C27H28ClN3O3/c1-16(2)17-5-3-7-19(13-17)27(10-11-27)26-29-22-9-12-31(15-21(22)24(33)30-26)25(34)23(32)18-6-4-8-20(28)14-18/h3-8,13-14,16,23,32H,9-12,15H2,1-2H3,(H,29,30,33)/t23-/m1/s1. The largest absolute Gasteiger partial charge is 0.378 e. The predicted octanol–water partition coefficient (Wildman–Crippen LogP) is 4.24. The van der Waals surface area contributed by atoms with E-state index >= 15 is 0 Å². The van der Waals surface area contributed by atoms with E-state index in [4.69, 9.17) is 16.6 Å². The molecule has 1 aromatic heterocycles. The SMILES string of the molecule is CC(C)c1cccc(C2(c3nc4c(c(=O)[nH]3)CN(C(=O)[C@H](O)c3cccc(Cl)c3)CC4)CC2)c1. The van der Waals surface area contributed by atoms with Crippen molar-refractivity contribution in [3.63, 3.8) is 0 Å². The quantitative estimate of drug-likeness (QED) is 0.575. The lowest BCUT2D eigenvalue weighted by Crippen LogP contribution is -2.42. The number of hydrogen-bond donors (Lipinski definition) is 2. The Hall–Kier alpha value is -2.96. The Morgan fingerprint density at radius 3 is 2.59 bits per heavy atom. The van der Waals surface area contributed by atoms with Crippen molar-refractivity contribution in [2.24, 2.45) is 0 Å². The average Bonchev–Trinajstić information content (AvgIpc) is 3.65. The van der Waals surface area contributed by atoms with E-state index in [0.29, 0.717) is 35.0 Å². The number of hydrogen-bond acceptors (Lipinski definition) is 4. The Balaban J connectivity index is 1.40. The maximum atomic E-state index is 13.1. The van der Waals surface area contributed by atoms with Crippen molar-refractivity contribution in [1.29, 1.82) is 0 Å². The molecule has 1 atom stereocenters.